The second kappa shape index (κ2) is 5.27. The number of nitrogens with zero attached hydrogens (tertiary/aromatic N) is 2. The van der Waals surface area contributed by atoms with Crippen molar-refractivity contribution in [3.8, 4) is 0 Å². The third-order valence-corrected chi connectivity index (χ3v) is 3.18. The molecule has 0 amide bonds. The molecular formula is C12H14BrN3. The van der Waals surface area contributed by atoms with Crippen LogP contribution in [0.25, 0.3) is 0 Å². The van der Waals surface area contributed by atoms with Gasteiger partial charge in [0.1, 0.15) is 0 Å². The van der Waals surface area contributed by atoms with Crippen molar-refractivity contribution in [1.29, 1.82) is 0 Å². The van der Waals surface area contributed by atoms with Gasteiger partial charge in [0.05, 0.1) is 12.7 Å². The molecule has 0 aliphatic rings. The molecule has 0 bridgehead atoms. The fraction of sp³-hybridized carbons (Fsp3) is 0.250. The number of rotatable bonds is 4. The van der Waals surface area contributed by atoms with Gasteiger partial charge in [0.15, 0.2) is 0 Å². The third-order valence-electron chi connectivity index (χ3n) is 2.41. The van der Waals surface area contributed by atoms with Gasteiger partial charge in [-0.15, -0.1) is 0 Å². The normalized spacial score (nSPS) is 10.6. The van der Waals surface area contributed by atoms with Crippen LogP contribution >= 0.6 is 15.9 Å². The van der Waals surface area contributed by atoms with Gasteiger partial charge in [-0.1, -0.05) is 34.1 Å². The van der Waals surface area contributed by atoms with Crippen LogP contribution in [0.15, 0.2) is 41.1 Å². The monoisotopic (exact) mass is 279 g/mol. The number of hydrogen-bond donors (Lipinski definition) is 1. The molecule has 0 fully saturated rings. The fourth-order valence-corrected chi connectivity index (χ4v) is 2.00. The largest absolute Gasteiger partial charge is 0.330 e. The highest BCUT2D eigenvalue weighted by Gasteiger charge is 2.01. The Hall–Kier alpha value is -1.13. The Labute approximate surface area is 103 Å². The van der Waals surface area contributed by atoms with Crippen molar-refractivity contribution in [3.05, 3.63) is 52.3 Å². The van der Waals surface area contributed by atoms with Crippen molar-refractivity contribution in [3.63, 3.8) is 0 Å². The minimum absolute atomic E-state index is 0.667. The first-order chi connectivity index (χ1) is 7.79. The Morgan fingerprint density at radius 2 is 2.12 bits per heavy atom. The number of halogens is 1. The number of hydrogen-bond acceptors (Lipinski definition) is 2. The van der Waals surface area contributed by atoms with Crippen molar-refractivity contribution < 1.29 is 0 Å². The fourth-order valence-electron chi connectivity index (χ4n) is 1.59. The standard InChI is InChI=1S/C12H14BrN3/c13-12-4-2-1-3-11(12)9-16-8-10(5-6-14)7-15-16/h1-4,7-8H,5-6,9,14H2. The van der Waals surface area contributed by atoms with Crippen molar-refractivity contribution in [1.82, 2.24) is 9.78 Å². The molecule has 0 unspecified atom stereocenters. The molecule has 0 atom stereocenters. The van der Waals surface area contributed by atoms with E-state index in [1.54, 1.807) is 0 Å². The first kappa shape index (κ1) is 11.4. The molecule has 84 valence electrons. The third kappa shape index (κ3) is 2.71. The Kier molecular flexibility index (Phi) is 3.74. The Bertz CT molecular complexity index is 465. The van der Waals surface area contributed by atoms with Gasteiger partial charge in [-0.25, -0.2) is 0 Å². The molecule has 2 rings (SSSR count). The van der Waals surface area contributed by atoms with E-state index in [0.29, 0.717) is 6.54 Å². The molecule has 1 heterocycles. The van der Waals surface area contributed by atoms with Gasteiger partial charge in [-0.05, 0) is 30.2 Å². The summed E-state index contributed by atoms with van der Waals surface area (Å²) in [7, 11) is 0. The maximum Gasteiger partial charge on any atom is 0.0670 e. The zero-order chi connectivity index (χ0) is 11.4. The molecule has 2 N–H and O–H groups in total. The average molecular weight is 280 g/mol. The summed E-state index contributed by atoms with van der Waals surface area (Å²) in [4.78, 5) is 0. The van der Waals surface area contributed by atoms with Crippen LogP contribution in [0.5, 0.6) is 0 Å². The van der Waals surface area contributed by atoms with E-state index < -0.39 is 0 Å². The van der Waals surface area contributed by atoms with E-state index in [9.17, 15) is 0 Å². The Morgan fingerprint density at radius 1 is 1.31 bits per heavy atom. The minimum Gasteiger partial charge on any atom is -0.330 e. The van der Waals surface area contributed by atoms with E-state index in [2.05, 4.69) is 27.1 Å². The summed E-state index contributed by atoms with van der Waals surface area (Å²) >= 11 is 3.53. The number of nitrogens with two attached hydrogens (primary N) is 1. The lowest BCUT2D eigenvalue weighted by Gasteiger charge is -2.03. The molecule has 0 aliphatic heterocycles. The lowest BCUT2D eigenvalue weighted by molar-refractivity contribution is 0.684. The van der Waals surface area contributed by atoms with E-state index >= 15 is 0 Å². The topological polar surface area (TPSA) is 43.8 Å². The van der Waals surface area contributed by atoms with Crippen molar-refractivity contribution in [2.75, 3.05) is 6.54 Å². The molecule has 0 spiro atoms. The zero-order valence-corrected chi connectivity index (χ0v) is 10.5. The van der Waals surface area contributed by atoms with Gasteiger partial charge in [0, 0.05) is 10.7 Å². The summed E-state index contributed by atoms with van der Waals surface area (Å²) < 4.78 is 3.05. The smallest absolute Gasteiger partial charge is 0.0670 e. The highest BCUT2D eigenvalue weighted by molar-refractivity contribution is 9.10. The predicted octanol–water partition coefficient (Wildman–Crippen LogP) is 2.20. The van der Waals surface area contributed by atoms with Gasteiger partial charge in [-0.3, -0.25) is 4.68 Å². The predicted molar refractivity (Wildman–Crippen MR) is 68.2 cm³/mol. The summed E-state index contributed by atoms with van der Waals surface area (Å²) in [5.74, 6) is 0. The van der Waals surface area contributed by atoms with Gasteiger partial charge >= 0.3 is 0 Å². The number of aromatic nitrogens is 2. The summed E-state index contributed by atoms with van der Waals surface area (Å²) in [5, 5.41) is 4.31. The molecule has 1 aromatic carbocycles. The second-order valence-corrected chi connectivity index (χ2v) is 4.53. The SMILES string of the molecule is NCCc1cnn(Cc2ccccc2Br)c1. The van der Waals surface area contributed by atoms with Gasteiger partial charge in [-0.2, -0.15) is 5.10 Å². The van der Waals surface area contributed by atoms with E-state index in [1.165, 1.54) is 11.1 Å². The maximum atomic E-state index is 5.50. The molecule has 0 saturated heterocycles. The van der Waals surface area contributed by atoms with Crippen LogP contribution in [0, 0.1) is 0 Å². The molecule has 0 radical (unpaired) electrons. The van der Waals surface area contributed by atoms with Crippen LogP contribution in [-0.4, -0.2) is 16.3 Å². The number of benzene rings is 1. The average Bonchev–Trinajstić information content (AvgIpc) is 2.70. The molecule has 2 aromatic rings. The van der Waals surface area contributed by atoms with Crippen LogP contribution in [0.3, 0.4) is 0 Å². The first-order valence-electron chi connectivity index (χ1n) is 5.24. The Morgan fingerprint density at radius 3 is 2.88 bits per heavy atom. The van der Waals surface area contributed by atoms with Gasteiger partial charge in [0.25, 0.3) is 0 Å². The lowest BCUT2D eigenvalue weighted by Crippen LogP contribution is -2.02. The van der Waals surface area contributed by atoms with Crippen molar-refractivity contribution in [2.24, 2.45) is 5.73 Å². The van der Waals surface area contributed by atoms with E-state index in [-0.39, 0.29) is 0 Å². The van der Waals surface area contributed by atoms with Crippen molar-refractivity contribution >= 4 is 15.9 Å². The summed E-state index contributed by atoms with van der Waals surface area (Å²) in [6.07, 6.45) is 4.81. The molecule has 0 aliphatic carbocycles. The van der Waals surface area contributed by atoms with E-state index in [1.807, 2.05) is 35.3 Å². The van der Waals surface area contributed by atoms with Crippen LogP contribution < -0.4 is 5.73 Å². The maximum absolute atomic E-state index is 5.50. The first-order valence-corrected chi connectivity index (χ1v) is 6.03. The molecular weight excluding hydrogens is 266 g/mol. The summed E-state index contributed by atoms with van der Waals surface area (Å²) in [6.45, 7) is 1.45. The van der Waals surface area contributed by atoms with Crippen LogP contribution in [-0.2, 0) is 13.0 Å². The molecule has 3 nitrogen and oxygen atoms in total. The van der Waals surface area contributed by atoms with E-state index in [0.717, 1.165) is 17.4 Å². The van der Waals surface area contributed by atoms with Crippen LogP contribution in [0.1, 0.15) is 11.1 Å². The van der Waals surface area contributed by atoms with Gasteiger partial charge in [0.2, 0.25) is 0 Å². The van der Waals surface area contributed by atoms with Crippen LogP contribution in [0.4, 0.5) is 0 Å². The molecule has 0 saturated carbocycles. The van der Waals surface area contributed by atoms with E-state index in [4.69, 9.17) is 5.73 Å². The quantitative estimate of drug-likeness (QED) is 0.933. The van der Waals surface area contributed by atoms with Gasteiger partial charge < -0.3 is 5.73 Å². The summed E-state index contributed by atoms with van der Waals surface area (Å²) in [5.41, 5.74) is 7.92. The second-order valence-electron chi connectivity index (χ2n) is 3.68. The highest BCUT2D eigenvalue weighted by atomic mass is 79.9. The zero-order valence-electron chi connectivity index (χ0n) is 8.94. The summed E-state index contributed by atoms with van der Waals surface area (Å²) in [6, 6.07) is 8.18. The lowest BCUT2D eigenvalue weighted by atomic mass is 10.2. The molecule has 1 aromatic heterocycles. The molecule has 16 heavy (non-hydrogen) atoms. The Balaban J connectivity index is 2.11. The van der Waals surface area contributed by atoms with Crippen molar-refractivity contribution in [2.45, 2.75) is 13.0 Å². The highest BCUT2D eigenvalue weighted by Crippen LogP contribution is 2.16. The van der Waals surface area contributed by atoms with Crippen LogP contribution in [0.2, 0.25) is 0 Å². The molecule has 4 heteroatoms. The minimum atomic E-state index is 0.667.